The lowest BCUT2D eigenvalue weighted by Crippen LogP contribution is -2.51. The zero-order valence-electron chi connectivity index (χ0n) is 25.2. The first-order valence-electron chi connectivity index (χ1n) is 14.7. The van der Waals surface area contributed by atoms with Crippen molar-refractivity contribution in [1.82, 2.24) is 29.3 Å². The van der Waals surface area contributed by atoms with E-state index >= 15 is 0 Å². The Kier molecular flexibility index (Phi) is 6.92. The van der Waals surface area contributed by atoms with Gasteiger partial charge in [0.15, 0.2) is 14.1 Å². The smallest absolute Gasteiger partial charge is 0.407 e. The van der Waals surface area contributed by atoms with Gasteiger partial charge in [-0.2, -0.15) is 0 Å². The van der Waals surface area contributed by atoms with Gasteiger partial charge in [0.05, 0.1) is 35.4 Å². The lowest BCUT2D eigenvalue weighted by molar-refractivity contribution is 0.0895. The first-order chi connectivity index (χ1) is 19.8. The Hall–Kier alpha value is -3.70. The van der Waals surface area contributed by atoms with Crippen LogP contribution in [0.1, 0.15) is 44.0 Å². The van der Waals surface area contributed by atoms with Crippen molar-refractivity contribution in [3.63, 3.8) is 0 Å². The lowest BCUT2D eigenvalue weighted by atomic mass is 10.1. The molecule has 0 spiro atoms. The number of hydrogen-bond acceptors (Lipinski definition) is 5. The summed E-state index contributed by atoms with van der Waals surface area (Å²) < 4.78 is 10.9. The fourth-order valence-corrected chi connectivity index (χ4v) is 6.93. The van der Waals surface area contributed by atoms with Gasteiger partial charge in [-0.1, -0.05) is 20.8 Å². The minimum atomic E-state index is -2.19. The van der Waals surface area contributed by atoms with E-state index in [9.17, 15) is 14.7 Å². The fourth-order valence-electron chi connectivity index (χ4n) is 5.58. The maximum atomic E-state index is 13.5. The van der Waals surface area contributed by atoms with Gasteiger partial charge in [0, 0.05) is 37.3 Å². The van der Waals surface area contributed by atoms with E-state index in [2.05, 4.69) is 65.4 Å². The number of pyridine rings is 1. The first-order valence-corrected chi connectivity index (χ1v) is 17.6. The Morgan fingerprint density at radius 3 is 2.60 bits per heavy atom. The zero-order chi connectivity index (χ0) is 30.0. The van der Waals surface area contributed by atoms with Gasteiger partial charge >= 0.3 is 6.09 Å². The van der Waals surface area contributed by atoms with Crippen molar-refractivity contribution >= 4 is 42.4 Å². The summed E-state index contributed by atoms with van der Waals surface area (Å²) in [4.78, 5) is 36.3. The second kappa shape index (κ2) is 10.2. The summed E-state index contributed by atoms with van der Waals surface area (Å²) in [6.07, 6.45) is 2.89. The van der Waals surface area contributed by atoms with Gasteiger partial charge in [0.25, 0.3) is 5.91 Å². The number of carboxylic acid groups (broad SMARTS) is 1. The molecule has 1 saturated heterocycles. The number of fused-ring (bicyclic) bond motifs is 2. The predicted molar refractivity (Wildman–Crippen MR) is 165 cm³/mol. The molecular weight excluding hydrogens is 548 g/mol. The molecule has 11 heteroatoms. The fraction of sp³-hybridized carbons (Fsp3) is 0.484. The number of imidazole rings is 1. The van der Waals surface area contributed by atoms with E-state index in [-0.39, 0.29) is 24.0 Å². The van der Waals surface area contributed by atoms with E-state index < -0.39 is 26.6 Å². The van der Waals surface area contributed by atoms with Gasteiger partial charge in [-0.15, -0.1) is 0 Å². The highest BCUT2D eigenvalue weighted by Gasteiger charge is 2.45. The van der Waals surface area contributed by atoms with E-state index in [1.54, 1.807) is 6.07 Å². The number of carbonyl (C=O) groups excluding carboxylic acids is 1. The van der Waals surface area contributed by atoms with Gasteiger partial charge in [0.2, 0.25) is 0 Å². The van der Waals surface area contributed by atoms with Crippen molar-refractivity contribution in [3.05, 3.63) is 48.2 Å². The van der Waals surface area contributed by atoms with Crippen LogP contribution in [0.3, 0.4) is 0 Å². The third-order valence-corrected chi connectivity index (χ3v) is 13.8. The molecule has 2 N–H and O–H groups in total. The van der Waals surface area contributed by atoms with Crippen LogP contribution < -0.4 is 5.32 Å². The van der Waals surface area contributed by atoms with Crippen LogP contribution in [0.15, 0.2) is 42.6 Å². The predicted octanol–water partition coefficient (Wildman–Crippen LogP) is 5.48. The van der Waals surface area contributed by atoms with Crippen LogP contribution >= 0.6 is 0 Å². The molecule has 0 radical (unpaired) electrons. The van der Waals surface area contributed by atoms with Crippen LogP contribution in [0.2, 0.25) is 18.1 Å². The summed E-state index contributed by atoms with van der Waals surface area (Å²) in [5, 5.41) is 13.8. The molecule has 3 aromatic heterocycles. The third-order valence-electron chi connectivity index (χ3n) is 9.27. The van der Waals surface area contributed by atoms with E-state index in [4.69, 9.17) is 9.41 Å². The summed E-state index contributed by atoms with van der Waals surface area (Å²) in [6, 6.07) is 11.3. The molecule has 4 aromatic rings. The summed E-state index contributed by atoms with van der Waals surface area (Å²) in [7, 11) is -0.194. The number of nitrogens with zero attached hydrogens (tertiary/aromatic N) is 5. The van der Waals surface area contributed by atoms with Gasteiger partial charge < -0.3 is 28.9 Å². The monoisotopic (exact) mass is 588 g/mol. The van der Waals surface area contributed by atoms with Crippen molar-refractivity contribution in [1.29, 1.82) is 0 Å². The SMILES string of the molecule is Cn1c(-c2cc3cccnc3n2CC2CC2)nc2cc(C(=O)N[C@H]3CN(C(=O)O)C[C@H]3O[Si](C)(C)C(C)(C)C)ccc21. The number of hydrogen-bond donors (Lipinski definition) is 2. The van der Waals surface area contributed by atoms with E-state index in [0.717, 1.165) is 40.1 Å². The van der Waals surface area contributed by atoms with Gasteiger partial charge in [0.1, 0.15) is 5.65 Å². The zero-order valence-corrected chi connectivity index (χ0v) is 26.2. The topological polar surface area (TPSA) is 115 Å². The second-order valence-electron chi connectivity index (χ2n) is 13.4. The molecule has 6 rings (SSSR count). The average molecular weight is 589 g/mol. The van der Waals surface area contributed by atoms with Gasteiger partial charge in [-0.05, 0) is 73.3 Å². The number of aromatic nitrogens is 4. The van der Waals surface area contributed by atoms with Crippen LogP contribution in [0, 0.1) is 5.92 Å². The molecule has 0 unspecified atom stereocenters. The van der Waals surface area contributed by atoms with E-state index in [0.29, 0.717) is 11.5 Å². The number of likely N-dealkylation sites (tertiary alicyclic amines) is 1. The Balaban J connectivity index is 1.28. The maximum Gasteiger partial charge on any atom is 0.407 e. The highest BCUT2D eigenvalue weighted by molar-refractivity contribution is 6.74. The molecule has 1 saturated carbocycles. The van der Waals surface area contributed by atoms with Crippen molar-refractivity contribution in [3.8, 4) is 11.5 Å². The van der Waals surface area contributed by atoms with Crippen LogP contribution in [0.25, 0.3) is 33.6 Å². The van der Waals surface area contributed by atoms with Gasteiger partial charge in [-0.25, -0.2) is 14.8 Å². The quantitative estimate of drug-likeness (QED) is 0.276. The number of rotatable bonds is 7. The number of aryl methyl sites for hydroxylation is 1. The Labute approximate surface area is 246 Å². The standard InChI is InChI=1S/C31H40N6O4Si/c1-31(2,3)42(5,6)41-26-18-36(30(39)40)17-23(26)34-29(38)21-11-12-24-22(14-21)33-28(35(24)4)25-15-20-8-7-13-32-27(20)37(25)16-19-9-10-19/h7-8,11-15,19,23,26H,9-10,16-18H2,1-6H3,(H,34,38)(H,39,40)/t23-,26+/m0/s1. The van der Waals surface area contributed by atoms with Crippen LogP contribution in [0.4, 0.5) is 4.79 Å². The van der Waals surface area contributed by atoms with Gasteiger partial charge in [-0.3, -0.25) is 4.79 Å². The molecule has 4 heterocycles. The molecule has 2 amide bonds. The average Bonchev–Trinajstić information content (AvgIpc) is 3.43. The Bertz CT molecular complexity index is 1680. The first kappa shape index (κ1) is 28.4. The number of benzene rings is 1. The van der Waals surface area contributed by atoms with Crippen molar-refractivity contribution < 1.29 is 19.1 Å². The highest BCUT2D eigenvalue weighted by Crippen LogP contribution is 2.39. The largest absolute Gasteiger partial charge is 0.465 e. The maximum absolute atomic E-state index is 13.5. The summed E-state index contributed by atoms with van der Waals surface area (Å²) >= 11 is 0. The van der Waals surface area contributed by atoms with Crippen LogP contribution in [-0.4, -0.2) is 74.7 Å². The van der Waals surface area contributed by atoms with E-state index in [1.165, 1.54) is 17.7 Å². The number of carbonyl (C=O) groups is 2. The molecule has 42 heavy (non-hydrogen) atoms. The lowest BCUT2D eigenvalue weighted by Gasteiger charge is -2.39. The molecule has 10 nitrogen and oxygen atoms in total. The minimum Gasteiger partial charge on any atom is -0.465 e. The third kappa shape index (κ3) is 5.20. The molecule has 0 bridgehead atoms. The summed E-state index contributed by atoms with van der Waals surface area (Å²) in [5.41, 5.74) is 4.12. The summed E-state index contributed by atoms with van der Waals surface area (Å²) in [6.45, 7) is 12.1. The Morgan fingerprint density at radius 1 is 1.14 bits per heavy atom. The molecule has 2 aliphatic rings. The molecular formula is C31H40N6O4Si. The molecule has 1 aromatic carbocycles. The van der Waals surface area contributed by atoms with Crippen molar-refractivity contribution in [2.24, 2.45) is 13.0 Å². The molecule has 222 valence electrons. The van der Waals surface area contributed by atoms with Crippen LogP contribution in [-0.2, 0) is 18.0 Å². The number of nitrogens with one attached hydrogen (secondary N) is 1. The molecule has 1 aliphatic heterocycles. The normalized spacial score (nSPS) is 19.6. The second-order valence-corrected chi connectivity index (χ2v) is 18.1. The van der Waals surface area contributed by atoms with Crippen molar-refractivity contribution in [2.75, 3.05) is 13.1 Å². The van der Waals surface area contributed by atoms with E-state index in [1.807, 2.05) is 31.4 Å². The summed E-state index contributed by atoms with van der Waals surface area (Å²) in [5.74, 6) is 1.23. The molecule has 2 fully saturated rings. The highest BCUT2D eigenvalue weighted by atomic mass is 28.4. The minimum absolute atomic E-state index is 0.0413. The molecule has 1 aliphatic carbocycles. The Morgan fingerprint density at radius 2 is 1.90 bits per heavy atom. The number of amides is 2. The van der Waals surface area contributed by atoms with Crippen LogP contribution in [0.5, 0.6) is 0 Å². The molecule has 2 atom stereocenters. The van der Waals surface area contributed by atoms with Crippen molar-refractivity contribution in [2.45, 2.75) is 70.4 Å².